The number of fused-ring (bicyclic) bond motifs is 1. The molecule has 2 heterocycles. The van der Waals surface area contributed by atoms with Gasteiger partial charge >= 0.3 is 0 Å². The maximum Gasteiger partial charge on any atom is 0.267 e. The summed E-state index contributed by atoms with van der Waals surface area (Å²) in [7, 11) is 0. The third kappa shape index (κ3) is 2.00. The van der Waals surface area contributed by atoms with Crippen LogP contribution in [0, 0.1) is 0 Å². The molecule has 1 fully saturated rings. The van der Waals surface area contributed by atoms with Crippen molar-refractivity contribution >= 4 is 57.3 Å². The van der Waals surface area contributed by atoms with Crippen molar-refractivity contribution in [1.82, 2.24) is 4.90 Å². The Morgan fingerprint density at radius 1 is 1.23 bits per heavy atom. The highest BCUT2D eigenvalue weighted by molar-refractivity contribution is 8.26. The number of para-hydroxylation sites is 1. The summed E-state index contributed by atoms with van der Waals surface area (Å²) in [6, 6.07) is 6.96. The highest BCUT2D eigenvalue weighted by Crippen LogP contribution is 2.44. The largest absolute Gasteiger partial charge is 0.293 e. The molecule has 7 heteroatoms. The minimum absolute atomic E-state index is 0.263. The number of anilines is 1. The van der Waals surface area contributed by atoms with E-state index >= 15 is 0 Å². The standard InChI is InChI=1S/C15H12N2O3S2/c1-3-16-14(20)12(22-15(16)21)11-9-6-4-5-7-10(9)17(8(2)18)13(11)19/h4-7H,3H2,1-2H3/b12-11-. The SMILES string of the molecule is CCN1C(=O)/C(=C2/C(=O)N(C(C)=O)c3ccccc32)SC1=S. The summed E-state index contributed by atoms with van der Waals surface area (Å²) in [6.45, 7) is 3.60. The number of carbonyl (C=O) groups excluding carboxylic acids is 3. The lowest BCUT2D eigenvalue weighted by atomic mass is 10.1. The van der Waals surface area contributed by atoms with Gasteiger partial charge in [0.15, 0.2) is 0 Å². The van der Waals surface area contributed by atoms with Crippen molar-refractivity contribution in [3.8, 4) is 0 Å². The molecule has 22 heavy (non-hydrogen) atoms. The maximum atomic E-state index is 12.7. The van der Waals surface area contributed by atoms with Gasteiger partial charge in [0.2, 0.25) is 5.91 Å². The quantitative estimate of drug-likeness (QED) is 0.583. The molecule has 0 saturated carbocycles. The summed E-state index contributed by atoms with van der Waals surface area (Å²) >= 11 is 6.30. The van der Waals surface area contributed by atoms with Gasteiger partial charge in [-0.25, -0.2) is 4.90 Å². The predicted molar refractivity (Wildman–Crippen MR) is 89.1 cm³/mol. The van der Waals surface area contributed by atoms with E-state index in [4.69, 9.17) is 12.2 Å². The smallest absolute Gasteiger partial charge is 0.267 e. The molecular formula is C15H12N2O3S2. The average Bonchev–Trinajstić information content (AvgIpc) is 2.92. The summed E-state index contributed by atoms with van der Waals surface area (Å²) in [5.41, 5.74) is 1.37. The molecule has 3 rings (SSSR count). The van der Waals surface area contributed by atoms with E-state index in [1.54, 1.807) is 24.3 Å². The van der Waals surface area contributed by atoms with Crippen molar-refractivity contribution in [3.05, 3.63) is 34.7 Å². The third-order valence-corrected chi connectivity index (χ3v) is 4.99. The molecule has 3 amide bonds. The number of rotatable bonds is 1. The lowest BCUT2D eigenvalue weighted by Crippen LogP contribution is -2.32. The second kappa shape index (κ2) is 5.33. The van der Waals surface area contributed by atoms with Crippen LogP contribution in [0.15, 0.2) is 29.2 Å². The van der Waals surface area contributed by atoms with Crippen LogP contribution in [0.5, 0.6) is 0 Å². The average molecular weight is 332 g/mol. The van der Waals surface area contributed by atoms with Gasteiger partial charge in [-0.2, -0.15) is 0 Å². The number of thioether (sulfide) groups is 1. The summed E-state index contributed by atoms with van der Waals surface area (Å²) in [5.74, 6) is -1.12. The number of amides is 3. The van der Waals surface area contributed by atoms with Crippen molar-refractivity contribution in [2.24, 2.45) is 0 Å². The summed E-state index contributed by atoms with van der Waals surface area (Å²) in [4.78, 5) is 39.8. The van der Waals surface area contributed by atoms with Gasteiger partial charge in [-0.05, 0) is 13.0 Å². The fraction of sp³-hybridized carbons (Fsp3) is 0.200. The molecule has 1 saturated heterocycles. The zero-order valence-corrected chi connectivity index (χ0v) is 13.6. The van der Waals surface area contributed by atoms with E-state index in [0.717, 1.165) is 16.7 Å². The van der Waals surface area contributed by atoms with Gasteiger partial charge in [0, 0.05) is 19.0 Å². The van der Waals surface area contributed by atoms with Crippen LogP contribution in [0.25, 0.3) is 5.57 Å². The van der Waals surface area contributed by atoms with Crippen LogP contribution in [-0.2, 0) is 14.4 Å². The monoisotopic (exact) mass is 332 g/mol. The van der Waals surface area contributed by atoms with Crippen molar-refractivity contribution in [1.29, 1.82) is 0 Å². The van der Waals surface area contributed by atoms with Crippen molar-refractivity contribution < 1.29 is 14.4 Å². The first kappa shape index (κ1) is 14.9. The van der Waals surface area contributed by atoms with Crippen LogP contribution in [0.3, 0.4) is 0 Å². The molecule has 1 aromatic carbocycles. The van der Waals surface area contributed by atoms with E-state index in [2.05, 4.69) is 0 Å². The lowest BCUT2D eigenvalue weighted by molar-refractivity contribution is -0.124. The highest BCUT2D eigenvalue weighted by atomic mass is 32.2. The molecule has 2 aliphatic rings. The van der Waals surface area contributed by atoms with Gasteiger partial charge in [0.1, 0.15) is 4.32 Å². The normalized spacial score (nSPS) is 20.9. The molecule has 0 unspecified atom stereocenters. The fourth-order valence-corrected chi connectivity index (χ4v) is 4.03. The number of hydrogen-bond acceptors (Lipinski definition) is 5. The lowest BCUT2D eigenvalue weighted by Gasteiger charge is -2.11. The summed E-state index contributed by atoms with van der Waals surface area (Å²) in [6.07, 6.45) is 0. The van der Waals surface area contributed by atoms with E-state index in [9.17, 15) is 14.4 Å². The van der Waals surface area contributed by atoms with Crippen molar-refractivity contribution in [3.63, 3.8) is 0 Å². The highest BCUT2D eigenvalue weighted by Gasteiger charge is 2.42. The third-order valence-electron chi connectivity index (χ3n) is 3.54. The Hall–Kier alpha value is -1.99. The Morgan fingerprint density at radius 3 is 2.50 bits per heavy atom. The molecule has 0 bridgehead atoms. The summed E-state index contributed by atoms with van der Waals surface area (Å²) in [5, 5.41) is 0. The Kier molecular flexibility index (Phi) is 3.62. The van der Waals surface area contributed by atoms with Gasteiger partial charge in [-0.15, -0.1) is 0 Å². The topological polar surface area (TPSA) is 57.7 Å². The van der Waals surface area contributed by atoms with Crippen molar-refractivity contribution in [2.75, 3.05) is 11.4 Å². The minimum Gasteiger partial charge on any atom is -0.293 e. The summed E-state index contributed by atoms with van der Waals surface area (Å²) < 4.78 is 0.432. The van der Waals surface area contributed by atoms with Gasteiger partial charge in [-0.1, -0.05) is 42.2 Å². The zero-order valence-electron chi connectivity index (χ0n) is 12.0. The molecule has 5 nitrogen and oxygen atoms in total. The van der Waals surface area contributed by atoms with Gasteiger partial charge in [-0.3, -0.25) is 19.3 Å². The predicted octanol–water partition coefficient (Wildman–Crippen LogP) is 2.17. The van der Waals surface area contributed by atoms with Gasteiger partial charge in [0.25, 0.3) is 11.8 Å². The van der Waals surface area contributed by atoms with Crippen LogP contribution in [-0.4, -0.2) is 33.5 Å². The second-order valence-electron chi connectivity index (χ2n) is 4.80. The number of hydrogen-bond donors (Lipinski definition) is 0. The first-order chi connectivity index (χ1) is 10.5. The first-order valence-corrected chi connectivity index (χ1v) is 7.92. The molecule has 112 valence electrons. The van der Waals surface area contributed by atoms with Crippen LogP contribution in [0.4, 0.5) is 5.69 Å². The Balaban J connectivity index is 2.22. The number of nitrogens with zero attached hydrogens (tertiary/aromatic N) is 2. The van der Waals surface area contributed by atoms with E-state index in [-0.39, 0.29) is 17.4 Å². The molecule has 0 aliphatic carbocycles. The number of imide groups is 1. The van der Waals surface area contributed by atoms with Crippen molar-refractivity contribution in [2.45, 2.75) is 13.8 Å². The Morgan fingerprint density at radius 2 is 1.91 bits per heavy atom. The zero-order chi connectivity index (χ0) is 16.0. The van der Waals surface area contributed by atoms with E-state index in [1.165, 1.54) is 11.8 Å². The van der Waals surface area contributed by atoms with Gasteiger partial charge in [0.05, 0.1) is 16.2 Å². The molecule has 0 spiro atoms. The van der Waals surface area contributed by atoms with E-state index < -0.39 is 5.91 Å². The molecular weight excluding hydrogens is 320 g/mol. The molecule has 0 aromatic heterocycles. The van der Waals surface area contributed by atoms with Gasteiger partial charge < -0.3 is 0 Å². The van der Waals surface area contributed by atoms with Crippen LogP contribution >= 0.6 is 24.0 Å². The number of thiocarbonyl (C=S) groups is 1. The fourth-order valence-electron chi connectivity index (χ4n) is 2.57. The Bertz CT molecular complexity index is 770. The number of benzene rings is 1. The number of likely N-dealkylation sites (N-methyl/N-ethyl adjacent to an activating group) is 1. The second-order valence-corrected chi connectivity index (χ2v) is 6.44. The Labute approximate surface area is 137 Å². The van der Waals surface area contributed by atoms with Crippen LogP contribution < -0.4 is 4.90 Å². The molecule has 1 aromatic rings. The molecule has 0 radical (unpaired) electrons. The molecule has 0 atom stereocenters. The molecule has 0 N–H and O–H groups in total. The van der Waals surface area contributed by atoms with Crippen LogP contribution in [0.2, 0.25) is 0 Å². The van der Waals surface area contributed by atoms with Crippen LogP contribution in [0.1, 0.15) is 19.4 Å². The van der Waals surface area contributed by atoms with E-state index in [1.807, 2.05) is 6.92 Å². The number of carbonyl (C=O) groups is 3. The first-order valence-electron chi connectivity index (χ1n) is 6.69. The minimum atomic E-state index is -0.467. The maximum absolute atomic E-state index is 12.7. The van der Waals surface area contributed by atoms with E-state index in [0.29, 0.717) is 27.0 Å². The molecule has 2 aliphatic heterocycles.